The molecule has 1 aromatic rings. The molecule has 17 heavy (non-hydrogen) atoms. The number of rotatable bonds is 5. The van der Waals surface area contributed by atoms with Crippen molar-refractivity contribution in [1.29, 1.82) is 0 Å². The standard InChI is InChI=1S/C15H23NO/c1-11(2)4-3-9-17-13-6-7-14-12(10-13)5-8-15(14)16/h6-7,10-11,15H,3-5,8-9,16H2,1-2H3/t15-/m0/s1. The molecular weight excluding hydrogens is 210 g/mol. The molecular formula is C15H23NO. The Kier molecular flexibility index (Phi) is 4.06. The van der Waals surface area contributed by atoms with Gasteiger partial charge in [-0.1, -0.05) is 19.9 Å². The van der Waals surface area contributed by atoms with Crippen molar-refractivity contribution in [1.82, 2.24) is 0 Å². The van der Waals surface area contributed by atoms with Crippen LogP contribution in [0.15, 0.2) is 18.2 Å². The molecule has 0 heterocycles. The second-order valence-electron chi connectivity index (χ2n) is 5.39. The first-order valence-electron chi connectivity index (χ1n) is 6.68. The van der Waals surface area contributed by atoms with Gasteiger partial charge in [0.2, 0.25) is 0 Å². The highest BCUT2D eigenvalue weighted by Gasteiger charge is 2.18. The van der Waals surface area contributed by atoms with Crippen LogP contribution in [0.2, 0.25) is 0 Å². The minimum atomic E-state index is 0.236. The summed E-state index contributed by atoms with van der Waals surface area (Å²) in [6.07, 6.45) is 4.54. The Balaban J connectivity index is 1.86. The van der Waals surface area contributed by atoms with Crippen molar-refractivity contribution in [3.05, 3.63) is 29.3 Å². The maximum atomic E-state index is 6.01. The summed E-state index contributed by atoms with van der Waals surface area (Å²) in [6.45, 7) is 5.32. The summed E-state index contributed by atoms with van der Waals surface area (Å²) < 4.78 is 5.78. The zero-order valence-corrected chi connectivity index (χ0v) is 10.9. The molecule has 0 unspecified atom stereocenters. The topological polar surface area (TPSA) is 35.2 Å². The van der Waals surface area contributed by atoms with E-state index < -0.39 is 0 Å². The Morgan fingerprint density at radius 3 is 3.00 bits per heavy atom. The van der Waals surface area contributed by atoms with Gasteiger partial charge in [0.15, 0.2) is 0 Å². The second kappa shape index (κ2) is 5.54. The molecule has 0 saturated carbocycles. The minimum Gasteiger partial charge on any atom is -0.494 e. The lowest BCUT2D eigenvalue weighted by Gasteiger charge is -2.10. The minimum absolute atomic E-state index is 0.236. The normalized spacial score (nSPS) is 18.5. The number of benzene rings is 1. The number of aryl methyl sites for hydroxylation is 1. The van der Waals surface area contributed by atoms with Crippen LogP contribution in [-0.2, 0) is 6.42 Å². The molecule has 0 saturated heterocycles. The van der Waals surface area contributed by atoms with Gasteiger partial charge < -0.3 is 10.5 Å². The molecule has 1 aliphatic carbocycles. The molecule has 0 aliphatic heterocycles. The van der Waals surface area contributed by atoms with E-state index >= 15 is 0 Å². The van der Waals surface area contributed by atoms with Crippen LogP contribution < -0.4 is 10.5 Å². The van der Waals surface area contributed by atoms with Gasteiger partial charge in [0.05, 0.1) is 6.61 Å². The summed E-state index contributed by atoms with van der Waals surface area (Å²) in [7, 11) is 0. The van der Waals surface area contributed by atoms with E-state index in [9.17, 15) is 0 Å². The summed E-state index contributed by atoms with van der Waals surface area (Å²) in [6, 6.07) is 6.59. The molecule has 2 heteroatoms. The van der Waals surface area contributed by atoms with Crippen LogP contribution in [0, 0.1) is 5.92 Å². The summed E-state index contributed by atoms with van der Waals surface area (Å²) in [5.41, 5.74) is 8.69. The molecule has 2 N–H and O–H groups in total. The van der Waals surface area contributed by atoms with Crippen LogP contribution in [-0.4, -0.2) is 6.61 Å². The molecule has 0 spiro atoms. The van der Waals surface area contributed by atoms with E-state index in [1.165, 1.54) is 17.5 Å². The quantitative estimate of drug-likeness (QED) is 0.791. The van der Waals surface area contributed by atoms with E-state index in [1.807, 2.05) is 0 Å². The van der Waals surface area contributed by atoms with Gasteiger partial charge in [-0.15, -0.1) is 0 Å². The first-order valence-corrected chi connectivity index (χ1v) is 6.68. The predicted molar refractivity (Wildman–Crippen MR) is 71.3 cm³/mol. The van der Waals surface area contributed by atoms with Crippen molar-refractivity contribution in [2.24, 2.45) is 11.7 Å². The van der Waals surface area contributed by atoms with Gasteiger partial charge in [-0.2, -0.15) is 0 Å². The smallest absolute Gasteiger partial charge is 0.119 e. The van der Waals surface area contributed by atoms with Gasteiger partial charge in [-0.3, -0.25) is 0 Å². The van der Waals surface area contributed by atoms with Crippen LogP contribution in [0.1, 0.15) is 50.3 Å². The molecule has 1 aromatic carbocycles. The van der Waals surface area contributed by atoms with E-state index in [4.69, 9.17) is 10.5 Å². The molecule has 0 bridgehead atoms. The Labute approximate surface area is 104 Å². The fourth-order valence-electron chi connectivity index (χ4n) is 2.40. The zero-order chi connectivity index (χ0) is 12.3. The SMILES string of the molecule is CC(C)CCCOc1ccc2c(c1)CC[C@@H]2N. The largest absolute Gasteiger partial charge is 0.494 e. The van der Waals surface area contributed by atoms with E-state index in [0.29, 0.717) is 0 Å². The average Bonchev–Trinajstić information content (AvgIpc) is 2.66. The zero-order valence-electron chi connectivity index (χ0n) is 10.9. The number of hydrogen-bond donors (Lipinski definition) is 1. The van der Waals surface area contributed by atoms with E-state index in [2.05, 4.69) is 32.0 Å². The Morgan fingerprint density at radius 2 is 2.24 bits per heavy atom. The van der Waals surface area contributed by atoms with E-state index in [1.54, 1.807) is 0 Å². The average molecular weight is 233 g/mol. The number of fused-ring (bicyclic) bond motifs is 1. The summed E-state index contributed by atoms with van der Waals surface area (Å²) in [5.74, 6) is 1.76. The fourth-order valence-corrected chi connectivity index (χ4v) is 2.40. The van der Waals surface area contributed by atoms with Gasteiger partial charge in [0, 0.05) is 6.04 Å². The van der Waals surface area contributed by atoms with Gasteiger partial charge >= 0.3 is 0 Å². The Morgan fingerprint density at radius 1 is 1.41 bits per heavy atom. The van der Waals surface area contributed by atoms with Crippen LogP contribution in [0.3, 0.4) is 0 Å². The molecule has 1 atom stereocenters. The third kappa shape index (κ3) is 3.22. The van der Waals surface area contributed by atoms with Crippen LogP contribution in [0.25, 0.3) is 0 Å². The lowest BCUT2D eigenvalue weighted by atomic mass is 10.1. The molecule has 0 amide bonds. The van der Waals surface area contributed by atoms with Crippen molar-refractivity contribution in [2.75, 3.05) is 6.61 Å². The highest BCUT2D eigenvalue weighted by Crippen LogP contribution is 2.31. The first-order chi connectivity index (χ1) is 8.16. The molecule has 0 fully saturated rings. The predicted octanol–water partition coefficient (Wildman–Crippen LogP) is 3.45. The summed E-state index contributed by atoms with van der Waals surface area (Å²) >= 11 is 0. The van der Waals surface area contributed by atoms with Crippen LogP contribution in [0.4, 0.5) is 0 Å². The van der Waals surface area contributed by atoms with Crippen molar-refractivity contribution in [2.45, 2.75) is 45.6 Å². The van der Waals surface area contributed by atoms with Gasteiger partial charge in [0.25, 0.3) is 0 Å². The van der Waals surface area contributed by atoms with Gasteiger partial charge in [0.1, 0.15) is 5.75 Å². The molecule has 0 aromatic heterocycles. The molecule has 0 radical (unpaired) electrons. The van der Waals surface area contributed by atoms with Crippen molar-refractivity contribution < 1.29 is 4.74 Å². The highest BCUT2D eigenvalue weighted by atomic mass is 16.5. The first kappa shape index (κ1) is 12.4. The maximum Gasteiger partial charge on any atom is 0.119 e. The second-order valence-corrected chi connectivity index (χ2v) is 5.39. The fraction of sp³-hybridized carbons (Fsp3) is 0.600. The third-order valence-corrected chi connectivity index (χ3v) is 3.43. The van der Waals surface area contributed by atoms with Gasteiger partial charge in [-0.05, 0) is 54.9 Å². The maximum absolute atomic E-state index is 6.01. The summed E-state index contributed by atoms with van der Waals surface area (Å²) in [5, 5.41) is 0. The lowest BCUT2D eigenvalue weighted by Crippen LogP contribution is -2.05. The Bertz CT molecular complexity index is 373. The van der Waals surface area contributed by atoms with E-state index in [-0.39, 0.29) is 6.04 Å². The lowest BCUT2D eigenvalue weighted by molar-refractivity contribution is 0.297. The van der Waals surface area contributed by atoms with Crippen LogP contribution in [0.5, 0.6) is 5.75 Å². The number of hydrogen-bond acceptors (Lipinski definition) is 2. The monoisotopic (exact) mass is 233 g/mol. The van der Waals surface area contributed by atoms with Crippen molar-refractivity contribution in [3.63, 3.8) is 0 Å². The van der Waals surface area contributed by atoms with Crippen molar-refractivity contribution >= 4 is 0 Å². The molecule has 1 aliphatic rings. The van der Waals surface area contributed by atoms with Crippen molar-refractivity contribution in [3.8, 4) is 5.75 Å². The Hall–Kier alpha value is -1.02. The van der Waals surface area contributed by atoms with E-state index in [0.717, 1.165) is 37.5 Å². The number of nitrogens with two attached hydrogens (primary N) is 1. The number of ether oxygens (including phenoxy) is 1. The molecule has 2 nitrogen and oxygen atoms in total. The molecule has 2 rings (SSSR count). The highest BCUT2D eigenvalue weighted by molar-refractivity contribution is 5.40. The summed E-state index contributed by atoms with van der Waals surface area (Å²) in [4.78, 5) is 0. The molecule has 94 valence electrons. The third-order valence-electron chi connectivity index (χ3n) is 3.43. The van der Waals surface area contributed by atoms with Gasteiger partial charge in [-0.25, -0.2) is 0 Å². The van der Waals surface area contributed by atoms with Crippen LogP contribution >= 0.6 is 0 Å².